The molecule has 0 saturated carbocycles. The third-order valence-electron chi connectivity index (χ3n) is 2.83. The SMILES string of the molecule is CCc1ccc(C2(C)NN=C(C(F)(F)F)O2)cc1. The van der Waals surface area contributed by atoms with Crippen LogP contribution in [0.15, 0.2) is 29.4 Å². The molecule has 1 aromatic rings. The highest BCUT2D eigenvalue weighted by atomic mass is 19.4. The summed E-state index contributed by atoms with van der Waals surface area (Å²) in [7, 11) is 0. The number of aryl methyl sites for hydroxylation is 1. The second-order valence-electron chi connectivity index (χ2n) is 4.21. The molecule has 1 aliphatic rings. The van der Waals surface area contributed by atoms with E-state index in [4.69, 9.17) is 4.74 Å². The van der Waals surface area contributed by atoms with Gasteiger partial charge >= 0.3 is 12.1 Å². The van der Waals surface area contributed by atoms with Crippen LogP contribution in [0.25, 0.3) is 0 Å². The number of hydrogen-bond donors (Lipinski definition) is 1. The second kappa shape index (κ2) is 4.19. The van der Waals surface area contributed by atoms with E-state index >= 15 is 0 Å². The average molecular weight is 258 g/mol. The molecule has 6 heteroatoms. The predicted molar refractivity (Wildman–Crippen MR) is 60.9 cm³/mol. The van der Waals surface area contributed by atoms with E-state index in [0.29, 0.717) is 5.56 Å². The van der Waals surface area contributed by atoms with Crippen LogP contribution in [0.4, 0.5) is 13.2 Å². The van der Waals surface area contributed by atoms with Crippen molar-refractivity contribution >= 4 is 5.90 Å². The topological polar surface area (TPSA) is 33.6 Å². The van der Waals surface area contributed by atoms with Gasteiger partial charge in [0, 0.05) is 12.5 Å². The largest absolute Gasteiger partial charge is 0.470 e. The molecule has 0 saturated heterocycles. The summed E-state index contributed by atoms with van der Waals surface area (Å²) in [4.78, 5) is 0. The maximum atomic E-state index is 12.4. The Labute approximate surface area is 103 Å². The van der Waals surface area contributed by atoms with Gasteiger partial charge in [-0.1, -0.05) is 31.2 Å². The number of halogens is 3. The Morgan fingerprint density at radius 1 is 1.28 bits per heavy atom. The molecule has 1 unspecified atom stereocenters. The summed E-state index contributed by atoms with van der Waals surface area (Å²) >= 11 is 0. The average Bonchev–Trinajstić information content (AvgIpc) is 2.73. The summed E-state index contributed by atoms with van der Waals surface area (Å²) in [5, 5.41) is 3.20. The molecule has 3 nitrogen and oxygen atoms in total. The summed E-state index contributed by atoms with van der Waals surface area (Å²) in [5.74, 6) is -1.25. The molecule has 18 heavy (non-hydrogen) atoms. The van der Waals surface area contributed by atoms with Crippen LogP contribution >= 0.6 is 0 Å². The van der Waals surface area contributed by atoms with Crippen LogP contribution in [0.1, 0.15) is 25.0 Å². The van der Waals surface area contributed by atoms with Crippen molar-refractivity contribution in [3.8, 4) is 0 Å². The zero-order chi connectivity index (χ0) is 13.4. The molecular formula is C12H13F3N2O. The highest BCUT2D eigenvalue weighted by Gasteiger charge is 2.47. The van der Waals surface area contributed by atoms with Gasteiger partial charge in [-0.2, -0.15) is 13.2 Å². The predicted octanol–water partition coefficient (Wildman–Crippen LogP) is 2.92. The van der Waals surface area contributed by atoms with E-state index in [2.05, 4.69) is 10.5 Å². The molecule has 2 rings (SSSR count). The lowest BCUT2D eigenvalue weighted by Gasteiger charge is -2.24. The highest BCUT2D eigenvalue weighted by molar-refractivity contribution is 5.83. The molecule has 1 N–H and O–H groups in total. The third-order valence-corrected chi connectivity index (χ3v) is 2.83. The fourth-order valence-electron chi connectivity index (χ4n) is 1.70. The Kier molecular flexibility index (Phi) is 2.96. The summed E-state index contributed by atoms with van der Waals surface area (Å²) in [6, 6.07) is 7.19. The molecule has 1 aromatic carbocycles. The van der Waals surface area contributed by atoms with Gasteiger partial charge in [-0.05, 0) is 12.0 Å². The van der Waals surface area contributed by atoms with Gasteiger partial charge in [-0.3, -0.25) is 5.43 Å². The van der Waals surface area contributed by atoms with Crippen LogP contribution in [-0.2, 0) is 16.9 Å². The van der Waals surface area contributed by atoms with Gasteiger partial charge in [0.05, 0.1) is 0 Å². The second-order valence-corrected chi connectivity index (χ2v) is 4.21. The fourth-order valence-corrected chi connectivity index (χ4v) is 1.70. The van der Waals surface area contributed by atoms with Gasteiger partial charge in [0.2, 0.25) is 5.72 Å². The van der Waals surface area contributed by atoms with E-state index in [1.807, 2.05) is 19.1 Å². The summed E-state index contributed by atoms with van der Waals surface area (Å²) in [5.41, 5.74) is 2.83. The lowest BCUT2D eigenvalue weighted by Crippen LogP contribution is -2.36. The molecule has 0 amide bonds. The minimum atomic E-state index is -4.58. The number of ether oxygens (including phenoxy) is 1. The van der Waals surface area contributed by atoms with E-state index in [9.17, 15) is 13.2 Å². The first kappa shape index (κ1) is 12.7. The van der Waals surface area contributed by atoms with Crippen molar-refractivity contribution in [1.82, 2.24) is 5.43 Å². The summed E-state index contributed by atoms with van der Waals surface area (Å²) < 4.78 is 42.2. The minimum absolute atomic E-state index is 0.600. The van der Waals surface area contributed by atoms with Gasteiger partial charge in [-0.15, -0.1) is 5.10 Å². The molecule has 0 aliphatic carbocycles. The van der Waals surface area contributed by atoms with Crippen molar-refractivity contribution in [2.45, 2.75) is 32.2 Å². The Morgan fingerprint density at radius 2 is 1.89 bits per heavy atom. The van der Waals surface area contributed by atoms with Crippen molar-refractivity contribution in [3.05, 3.63) is 35.4 Å². The molecule has 0 bridgehead atoms. The normalized spacial score (nSPS) is 23.3. The van der Waals surface area contributed by atoms with Crippen LogP contribution in [0.5, 0.6) is 0 Å². The van der Waals surface area contributed by atoms with Gasteiger partial charge in [0.15, 0.2) is 0 Å². The first-order valence-corrected chi connectivity index (χ1v) is 5.55. The van der Waals surface area contributed by atoms with Crippen molar-refractivity contribution in [2.24, 2.45) is 5.10 Å². The number of nitrogens with zero attached hydrogens (tertiary/aromatic N) is 1. The quantitative estimate of drug-likeness (QED) is 0.884. The first-order chi connectivity index (χ1) is 8.35. The number of rotatable bonds is 2. The number of nitrogens with one attached hydrogen (secondary N) is 1. The van der Waals surface area contributed by atoms with Crippen LogP contribution in [0.2, 0.25) is 0 Å². The van der Waals surface area contributed by atoms with Crippen molar-refractivity contribution in [1.29, 1.82) is 0 Å². The smallest absolute Gasteiger partial charge is 0.441 e. The standard InChI is InChI=1S/C12H13F3N2O/c1-3-8-4-6-9(7-5-8)11(2)17-16-10(18-11)12(13,14)15/h4-7,17H,3H2,1-2H3. The Morgan fingerprint density at radius 3 is 2.33 bits per heavy atom. The Hall–Kier alpha value is -1.72. The first-order valence-electron chi connectivity index (χ1n) is 5.55. The number of alkyl halides is 3. The van der Waals surface area contributed by atoms with Gasteiger partial charge in [0.1, 0.15) is 0 Å². The van der Waals surface area contributed by atoms with Crippen molar-refractivity contribution in [2.75, 3.05) is 0 Å². The summed E-state index contributed by atoms with van der Waals surface area (Å²) in [6.45, 7) is 3.52. The number of hydrogen-bond acceptors (Lipinski definition) is 3. The lowest BCUT2D eigenvalue weighted by molar-refractivity contribution is -0.0888. The fraction of sp³-hybridized carbons (Fsp3) is 0.417. The minimum Gasteiger partial charge on any atom is -0.441 e. The molecular weight excluding hydrogens is 245 g/mol. The number of hydrazone groups is 1. The van der Waals surface area contributed by atoms with Crippen LogP contribution < -0.4 is 5.43 Å². The molecule has 1 heterocycles. The maximum Gasteiger partial charge on any atom is 0.470 e. The van der Waals surface area contributed by atoms with Gasteiger partial charge in [-0.25, -0.2) is 0 Å². The molecule has 0 spiro atoms. The zero-order valence-corrected chi connectivity index (χ0v) is 10.0. The maximum absolute atomic E-state index is 12.4. The molecule has 1 atom stereocenters. The molecule has 0 radical (unpaired) electrons. The molecule has 0 fully saturated rings. The van der Waals surface area contributed by atoms with E-state index < -0.39 is 17.8 Å². The Balaban J connectivity index is 2.19. The van der Waals surface area contributed by atoms with Crippen LogP contribution in [0, 0.1) is 0 Å². The van der Waals surface area contributed by atoms with Gasteiger partial charge < -0.3 is 4.74 Å². The van der Waals surface area contributed by atoms with E-state index in [1.54, 1.807) is 12.1 Å². The molecule has 0 aromatic heterocycles. The van der Waals surface area contributed by atoms with E-state index in [-0.39, 0.29) is 0 Å². The molecule has 98 valence electrons. The van der Waals surface area contributed by atoms with Crippen LogP contribution in [-0.4, -0.2) is 12.1 Å². The monoisotopic (exact) mass is 258 g/mol. The van der Waals surface area contributed by atoms with Crippen LogP contribution in [0.3, 0.4) is 0 Å². The highest BCUT2D eigenvalue weighted by Crippen LogP contribution is 2.31. The van der Waals surface area contributed by atoms with E-state index in [1.165, 1.54) is 6.92 Å². The van der Waals surface area contributed by atoms with E-state index in [0.717, 1.165) is 12.0 Å². The number of benzene rings is 1. The van der Waals surface area contributed by atoms with Crippen molar-refractivity contribution in [3.63, 3.8) is 0 Å². The Bertz CT molecular complexity index is 467. The zero-order valence-electron chi connectivity index (χ0n) is 10.0. The summed E-state index contributed by atoms with van der Waals surface area (Å²) in [6.07, 6.45) is -3.70. The van der Waals surface area contributed by atoms with Gasteiger partial charge in [0.25, 0.3) is 0 Å². The van der Waals surface area contributed by atoms with Crippen molar-refractivity contribution < 1.29 is 17.9 Å². The lowest BCUT2D eigenvalue weighted by atomic mass is 10.0. The third kappa shape index (κ3) is 2.27. The molecule has 1 aliphatic heterocycles.